The maximum atomic E-state index is 12.5. The first kappa shape index (κ1) is 22.3. The molecule has 0 spiro atoms. The van der Waals surface area contributed by atoms with Gasteiger partial charge >= 0.3 is 0 Å². The molecule has 1 amide bonds. The van der Waals surface area contributed by atoms with E-state index in [-0.39, 0.29) is 12.5 Å². The van der Waals surface area contributed by atoms with Crippen molar-refractivity contribution in [3.05, 3.63) is 64.7 Å². The molecule has 1 atom stereocenters. The SMILES string of the molecule is CN(C)C(=O)COc1ccc2c(c1)N(c1nc(-c3ccc4sccc4c3)nc3c1C[S+]([O-])C3)CC2. The van der Waals surface area contributed by atoms with Gasteiger partial charge in [0.15, 0.2) is 12.4 Å². The van der Waals surface area contributed by atoms with Crippen LogP contribution in [0.1, 0.15) is 16.8 Å². The second-order valence-corrected chi connectivity index (χ2v) is 11.4. The summed E-state index contributed by atoms with van der Waals surface area (Å²) in [5.74, 6) is 2.95. The molecule has 178 valence electrons. The van der Waals surface area contributed by atoms with Gasteiger partial charge in [-0.2, -0.15) is 0 Å². The minimum absolute atomic E-state index is 0.0110. The average molecular weight is 505 g/mol. The number of nitrogens with zero attached hydrogens (tertiary/aromatic N) is 4. The number of thiophene rings is 1. The van der Waals surface area contributed by atoms with Gasteiger partial charge < -0.3 is 19.1 Å². The maximum Gasteiger partial charge on any atom is 0.259 e. The smallest absolute Gasteiger partial charge is 0.259 e. The summed E-state index contributed by atoms with van der Waals surface area (Å²) in [7, 11) is 3.42. The Balaban J connectivity index is 1.39. The van der Waals surface area contributed by atoms with Crippen molar-refractivity contribution in [1.82, 2.24) is 14.9 Å². The normalized spacial score (nSPS) is 16.4. The summed E-state index contributed by atoms with van der Waals surface area (Å²) in [5.41, 5.74) is 5.00. The van der Waals surface area contributed by atoms with E-state index in [1.54, 1.807) is 25.4 Å². The number of fused-ring (bicyclic) bond motifs is 3. The molecule has 4 aromatic rings. The zero-order chi connectivity index (χ0) is 24.1. The number of aromatic nitrogens is 2. The molecule has 0 radical (unpaired) electrons. The molecule has 0 saturated carbocycles. The third kappa shape index (κ3) is 4.13. The number of benzene rings is 2. The molecular formula is C26H24N4O3S2. The standard InChI is InChI=1S/C26H24N4O3S2/c1-29(2)24(31)13-33-19-5-3-16-7-9-30(22(16)12-19)26-20-14-35(32)15-21(20)27-25(28-26)18-4-6-23-17(11-18)8-10-34-23/h3-6,8,10-12H,7,9,13-15H2,1-2H3. The van der Waals surface area contributed by atoms with Gasteiger partial charge in [-0.05, 0) is 64.3 Å². The molecule has 2 aliphatic heterocycles. The van der Waals surface area contributed by atoms with Crippen LogP contribution >= 0.6 is 11.3 Å². The Kier molecular flexibility index (Phi) is 5.63. The van der Waals surface area contributed by atoms with Crippen LogP contribution in [0.15, 0.2) is 47.8 Å². The molecular weight excluding hydrogens is 480 g/mol. The fourth-order valence-corrected chi connectivity index (χ4v) is 6.58. The second kappa shape index (κ2) is 8.82. The van der Waals surface area contributed by atoms with Gasteiger partial charge in [0.05, 0.1) is 5.56 Å². The highest BCUT2D eigenvalue weighted by molar-refractivity contribution is 7.90. The summed E-state index contributed by atoms with van der Waals surface area (Å²) in [6.45, 7) is 0.761. The molecule has 2 aliphatic rings. The number of carbonyl (C=O) groups excluding carboxylic acids is 1. The van der Waals surface area contributed by atoms with Gasteiger partial charge in [0, 0.05) is 42.7 Å². The number of anilines is 2. The van der Waals surface area contributed by atoms with Crippen LogP contribution in [-0.2, 0) is 33.9 Å². The van der Waals surface area contributed by atoms with E-state index in [9.17, 15) is 9.35 Å². The van der Waals surface area contributed by atoms with Crippen molar-refractivity contribution in [3.8, 4) is 17.1 Å². The number of hydrogen-bond acceptors (Lipinski definition) is 7. The second-order valence-electron chi connectivity index (χ2n) is 8.97. The monoisotopic (exact) mass is 504 g/mol. The fraction of sp³-hybridized carbons (Fsp3) is 0.269. The number of rotatable bonds is 5. The number of amides is 1. The van der Waals surface area contributed by atoms with Gasteiger partial charge in [-0.25, -0.2) is 9.97 Å². The molecule has 7 nitrogen and oxygen atoms in total. The molecule has 0 fully saturated rings. The highest BCUT2D eigenvalue weighted by atomic mass is 32.2. The zero-order valence-electron chi connectivity index (χ0n) is 19.5. The first-order chi connectivity index (χ1) is 17.0. The van der Waals surface area contributed by atoms with Crippen molar-refractivity contribution in [1.29, 1.82) is 0 Å². The Morgan fingerprint density at radius 2 is 2.06 bits per heavy atom. The van der Waals surface area contributed by atoms with E-state index in [0.717, 1.165) is 41.3 Å². The Morgan fingerprint density at radius 3 is 2.91 bits per heavy atom. The fourth-order valence-electron chi connectivity index (χ4n) is 4.55. The predicted octanol–water partition coefficient (Wildman–Crippen LogP) is 4.28. The van der Waals surface area contributed by atoms with E-state index in [4.69, 9.17) is 14.7 Å². The summed E-state index contributed by atoms with van der Waals surface area (Å²) in [6, 6.07) is 14.3. The van der Waals surface area contributed by atoms with Crippen molar-refractivity contribution >= 4 is 50.0 Å². The molecule has 4 heterocycles. The van der Waals surface area contributed by atoms with Crippen LogP contribution in [0.3, 0.4) is 0 Å². The van der Waals surface area contributed by atoms with Crippen LogP contribution in [0.4, 0.5) is 11.5 Å². The summed E-state index contributed by atoms with van der Waals surface area (Å²) >= 11 is 0.731. The van der Waals surface area contributed by atoms with Crippen LogP contribution < -0.4 is 9.64 Å². The van der Waals surface area contributed by atoms with Crippen LogP contribution in [0.25, 0.3) is 21.5 Å². The van der Waals surface area contributed by atoms with Crippen molar-refractivity contribution in [2.75, 3.05) is 32.1 Å². The lowest BCUT2D eigenvalue weighted by Gasteiger charge is -2.22. The largest absolute Gasteiger partial charge is 0.616 e. The molecule has 0 aliphatic carbocycles. The third-order valence-corrected chi connectivity index (χ3v) is 8.56. The number of hydrogen-bond donors (Lipinski definition) is 0. The van der Waals surface area contributed by atoms with E-state index in [0.29, 0.717) is 23.1 Å². The Labute approximate surface area is 210 Å². The molecule has 9 heteroatoms. The maximum absolute atomic E-state index is 12.5. The molecule has 0 N–H and O–H groups in total. The number of likely N-dealkylation sites (N-methyl/N-ethyl adjacent to an activating group) is 1. The van der Waals surface area contributed by atoms with Crippen LogP contribution in [-0.4, -0.2) is 52.6 Å². The van der Waals surface area contributed by atoms with E-state index in [1.165, 1.54) is 20.5 Å². The zero-order valence-corrected chi connectivity index (χ0v) is 21.1. The lowest BCUT2D eigenvalue weighted by Crippen LogP contribution is -2.27. The van der Waals surface area contributed by atoms with E-state index in [2.05, 4.69) is 40.6 Å². The first-order valence-electron chi connectivity index (χ1n) is 11.4. The van der Waals surface area contributed by atoms with Crippen LogP contribution in [0, 0.1) is 0 Å². The predicted molar refractivity (Wildman–Crippen MR) is 140 cm³/mol. The molecule has 1 unspecified atom stereocenters. The molecule has 2 aromatic carbocycles. The van der Waals surface area contributed by atoms with Gasteiger partial charge in [0.25, 0.3) is 5.91 Å². The Morgan fingerprint density at radius 1 is 1.17 bits per heavy atom. The van der Waals surface area contributed by atoms with Gasteiger partial charge in [-0.15, -0.1) is 11.3 Å². The molecule has 2 aromatic heterocycles. The van der Waals surface area contributed by atoms with Crippen molar-refractivity contribution in [2.24, 2.45) is 0 Å². The van der Waals surface area contributed by atoms with Gasteiger partial charge in [-0.3, -0.25) is 4.79 Å². The number of carbonyl (C=O) groups is 1. The molecule has 0 saturated heterocycles. The lowest BCUT2D eigenvalue weighted by molar-refractivity contribution is -0.130. The summed E-state index contributed by atoms with van der Waals surface area (Å²) in [4.78, 5) is 25.5. The summed E-state index contributed by atoms with van der Waals surface area (Å²) in [6.07, 6.45) is 0.879. The minimum Gasteiger partial charge on any atom is -0.616 e. The Bertz CT molecular complexity index is 1450. The van der Waals surface area contributed by atoms with Crippen molar-refractivity contribution in [2.45, 2.75) is 17.9 Å². The number of ether oxygens (including phenoxy) is 1. The quantitative estimate of drug-likeness (QED) is 0.378. The summed E-state index contributed by atoms with van der Waals surface area (Å²) in [5, 5.41) is 3.25. The minimum atomic E-state index is -0.980. The molecule has 35 heavy (non-hydrogen) atoms. The Hall–Kier alpha value is -3.14. The van der Waals surface area contributed by atoms with Crippen molar-refractivity contribution in [3.63, 3.8) is 0 Å². The average Bonchev–Trinajstić information content (AvgIpc) is 3.58. The lowest BCUT2D eigenvalue weighted by atomic mass is 10.1. The van der Waals surface area contributed by atoms with Crippen LogP contribution in [0.5, 0.6) is 5.75 Å². The van der Waals surface area contributed by atoms with E-state index < -0.39 is 11.2 Å². The van der Waals surface area contributed by atoms with Crippen LogP contribution in [0.2, 0.25) is 0 Å². The van der Waals surface area contributed by atoms with Gasteiger partial charge in [0.1, 0.15) is 28.8 Å². The van der Waals surface area contributed by atoms with Gasteiger partial charge in [0.2, 0.25) is 0 Å². The van der Waals surface area contributed by atoms with Gasteiger partial charge in [-0.1, -0.05) is 6.07 Å². The third-order valence-electron chi connectivity index (χ3n) is 6.45. The molecule has 0 bridgehead atoms. The summed E-state index contributed by atoms with van der Waals surface area (Å²) < 4.78 is 19.5. The first-order valence-corrected chi connectivity index (χ1v) is 13.8. The van der Waals surface area contributed by atoms with Crippen molar-refractivity contribution < 1.29 is 14.1 Å². The topological polar surface area (TPSA) is 81.6 Å². The van der Waals surface area contributed by atoms with E-state index >= 15 is 0 Å². The molecule has 6 rings (SSSR count). The highest BCUT2D eigenvalue weighted by Gasteiger charge is 2.33. The van der Waals surface area contributed by atoms with E-state index in [1.807, 2.05) is 12.1 Å². The highest BCUT2D eigenvalue weighted by Crippen LogP contribution is 2.41.